The summed E-state index contributed by atoms with van der Waals surface area (Å²) in [7, 11) is 0. The van der Waals surface area contributed by atoms with Gasteiger partial charge in [-0.25, -0.2) is 4.98 Å². The Morgan fingerprint density at radius 1 is 1.22 bits per heavy atom. The van der Waals surface area contributed by atoms with E-state index in [0.717, 1.165) is 48.1 Å². The van der Waals surface area contributed by atoms with Gasteiger partial charge < -0.3 is 9.32 Å². The Balaban J connectivity index is 1.38. The number of carbonyl (C=O) groups excluding carboxylic acids is 1. The number of hydrogen-bond acceptors (Lipinski definition) is 4. The smallest absolute Gasteiger partial charge is 0.223 e. The predicted octanol–water partition coefficient (Wildman–Crippen LogP) is 3.98. The lowest BCUT2D eigenvalue weighted by atomic mass is 10.1. The average molecular weight is 364 g/mol. The van der Waals surface area contributed by atoms with Gasteiger partial charge in [0.05, 0.1) is 6.04 Å². The third kappa shape index (κ3) is 3.79. The quantitative estimate of drug-likeness (QED) is 0.743. The fraction of sp³-hybridized carbons (Fsp3) is 0.381. The summed E-state index contributed by atoms with van der Waals surface area (Å²) in [5, 5.41) is 7.11. The number of aryl methyl sites for hydroxylation is 3. The molecule has 6 nitrogen and oxygen atoms in total. The number of nitrogens with zero attached hydrogens (tertiary/aromatic N) is 3. The maximum Gasteiger partial charge on any atom is 0.223 e. The van der Waals surface area contributed by atoms with Gasteiger partial charge in [-0.3, -0.25) is 9.89 Å². The highest BCUT2D eigenvalue weighted by Crippen LogP contribution is 2.31. The van der Waals surface area contributed by atoms with Crippen molar-refractivity contribution in [3.05, 3.63) is 59.4 Å². The van der Waals surface area contributed by atoms with Gasteiger partial charge in [0.15, 0.2) is 5.82 Å². The van der Waals surface area contributed by atoms with Crippen molar-refractivity contribution >= 4 is 5.91 Å². The monoisotopic (exact) mass is 364 g/mol. The molecule has 1 aliphatic rings. The first kappa shape index (κ1) is 17.5. The molecule has 1 fully saturated rings. The van der Waals surface area contributed by atoms with Gasteiger partial charge in [-0.05, 0) is 38.8 Å². The fourth-order valence-corrected chi connectivity index (χ4v) is 3.60. The van der Waals surface area contributed by atoms with Gasteiger partial charge >= 0.3 is 0 Å². The molecule has 1 N–H and O–H groups in total. The summed E-state index contributed by atoms with van der Waals surface area (Å²) < 4.78 is 5.94. The summed E-state index contributed by atoms with van der Waals surface area (Å²) in [6.45, 7) is 4.71. The van der Waals surface area contributed by atoms with Crippen LogP contribution in [0.1, 0.15) is 48.3 Å². The molecule has 1 unspecified atom stereocenters. The van der Waals surface area contributed by atoms with Gasteiger partial charge in [0.1, 0.15) is 17.3 Å². The number of rotatable bonds is 5. The Bertz CT molecular complexity index is 926. The molecule has 1 aliphatic heterocycles. The molecule has 3 heterocycles. The lowest BCUT2D eigenvalue weighted by Gasteiger charge is -2.22. The van der Waals surface area contributed by atoms with Crippen molar-refractivity contribution < 1.29 is 9.21 Å². The van der Waals surface area contributed by atoms with Gasteiger partial charge in [-0.15, -0.1) is 0 Å². The lowest BCUT2D eigenvalue weighted by molar-refractivity contribution is -0.132. The van der Waals surface area contributed by atoms with Gasteiger partial charge in [-0.1, -0.05) is 29.8 Å². The standard InChI is InChI=1S/C21H24N4O2/c1-14-5-7-16(8-6-14)19-11-9-17(27-19)10-12-20(26)25-13-3-4-18(25)21-22-15(2)23-24-21/h5-9,11,18H,3-4,10,12-13H2,1-2H3,(H,22,23,24). The molecule has 0 radical (unpaired) electrons. The fourth-order valence-electron chi connectivity index (χ4n) is 3.60. The number of aromatic amines is 1. The molecule has 140 valence electrons. The summed E-state index contributed by atoms with van der Waals surface area (Å²) in [4.78, 5) is 19.1. The zero-order chi connectivity index (χ0) is 18.8. The van der Waals surface area contributed by atoms with Crippen molar-refractivity contribution in [1.29, 1.82) is 0 Å². The first-order valence-corrected chi connectivity index (χ1v) is 9.44. The van der Waals surface area contributed by atoms with E-state index in [-0.39, 0.29) is 11.9 Å². The van der Waals surface area contributed by atoms with E-state index in [0.29, 0.717) is 12.8 Å². The first-order chi connectivity index (χ1) is 13.1. The predicted molar refractivity (Wildman–Crippen MR) is 102 cm³/mol. The summed E-state index contributed by atoms with van der Waals surface area (Å²) in [5.41, 5.74) is 2.27. The number of carbonyl (C=O) groups is 1. The second-order valence-corrected chi connectivity index (χ2v) is 7.16. The number of H-pyrrole nitrogens is 1. The van der Waals surface area contributed by atoms with Crippen molar-refractivity contribution in [3.8, 4) is 11.3 Å². The first-order valence-electron chi connectivity index (χ1n) is 9.44. The van der Waals surface area contributed by atoms with E-state index in [2.05, 4.69) is 46.4 Å². The Kier molecular flexibility index (Phi) is 4.79. The summed E-state index contributed by atoms with van der Waals surface area (Å²) in [6.07, 6.45) is 2.94. The Hall–Kier alpha value is -2.89. The van der Waals surface area contributed by atoms with Gasteiger partial charge in [0.2, 0.25) is 5.91 Å². The molecule has 0 aliphatic carbocycles. The lowest BCUT2D eigenvalue weighted by Crippen LogP contribution is -2.31. The second kappa shape index (κ2) is 7.39. The summed E-state index contributed by atoms with van der Waals surface area (Å²) in [5.74, 6) is 3.31. The van der Waals surface area contributed by atoms with Crippen LogP contribution >= 0.6 is 0 Å². The molecule has 1 amide bonds. The van der Waals surface area contributed by atoms with Crippen LogP contribution in [0, 0.1) is 13.8 Å². The van der Waals surface area contributed by atoms with Crippen molar-refractivity contribution in [2.75, 3.05) is 6.54 Å². The Labute approximate surface area is 158 Å². The minimum Gasteiger partial charge on any atom is -0.461 e. The van der Waals surface area contributed by atoms with E-state index in [4.69, 9.17) is 4.42 Å². The molecule has 0 bridgehead atoms. The van der Waals surface area contributed by atoms with E-state index in [9.17, 15) is 4.79 Å². The van der Waals surface area contributed by atoms with Crippen LogP contribution < -0.4 is 0 Å². The van der Waals surface area contributed by atoms with Crippen LogP contribution in [0.15, 0.2) is 40.8 Å². The third-order valence-electron chi connectivity index (χ3n) is 5.07. The van der Waals surface area contributed by atoms with Crippen LogP contribution in [0.4, 0.5) is 0 Å². The molecular weight excluding hydrogens is 340 g/mol. The number of likely N-dealkylation sites (tertiary alicyclic amines) is 1. The van der Waals surface area contributed by atoms with Crippen LogP contribution in [-0.4, -0.2) is 32.5 Å². The Morgan fingerprint density at radius 2 is 2.04 bits per heavy atom. The van der Waals surface area contributed by atoms with E-state index < -0.39 is 0 Å². The number of benzene rings is 1. The van der Waals surface area contributed by atoms with E-state index in [1.165, 1.54) is 5.56 Å². The molecule has 2 aromatic heterocycles. The highest BCUT2D eigenvalue weighted by atomic mass is 16.3. The normalized spacial score (nSPS) is 16.8. The molecule has 6 heteroatoms. The maximum absolute atomic E-state index is 12.7. The summed E-state index contributed by atoms with van der Waals surface area (Å²) in [6, 6.07) is 12.2. The van der Waals surface area contributed by atoms with Crippen LogP contribution in [0.3, 0.4) is 0 Å². The molecule has 0 spiro atoms. The average Bonchev–Trinajstić information content (AvgIpc) is 3.40. The third-order valence-corrected chi connectivity index (χ3v) is 5.07. The van der Waals surface area contributed by atoms with Crippen LogP contribution in [-0.2, 0) is 11.2 Å². The van der Waals surface area contributed by atoms with Crippen molar-refractivity contribution in [2.45, 2.75) is 45.6 Å². The van der Waals surface area contributed by atoms with E-state index >= 15 is 0 Å². The van der Waals surface area contributed by atoms with Crippen LogP contribution in [0.5, 0.6) is 0 Å². The largest absolute Gasteiger partial charge is 0.461 e. The molecule has 0 saturated carbocycles. The molecule has 4 rings (SSSR count). The Morgan fingerprint density at radius 3 is 2.78 bits per heavy atom. The van der Waals surface area contributed by atoms with Crippen molar-refractivity contribution in [3.63, 3.8) is 0 Å². The molecule has 1 aromatic carbocycles. The maximum atomic E-state index is 12.7. The molecule has 1 saturated heterocycles. The van der Waals surface area contributed by atoms with Crippen LogP contribution in [0.2, 0.25) is 0 Å². The molecule has 3 aromatic rings. The zero-order valence-corrected chi connectivity index (χ0v) is 15.7. The second-order valence-electron chi connectivity index (χ2n) is 7.16. The van der Waals surface area contributed by atoms with Crippen LogP contribution in [0.25, 0.3) is 11.3 Å². The number of amides is 1. The highest BCUT2D eigenvalue weighted by molar-refractivity contribution is 5.77. The number of aromatic nitrogens is 3. The molecule has 1 atom stereocenters. The number of nitrogens with one attached hydrogen (secondary N) is 1. The van der Waals surface area contributed by atoms with Gasteiger partial charge in [0, 0.05) is 24.9 Å². The van der Waals surface area contributed by atoms with Gasteiger partial charge in [-0.2, -0.15) is 5.10 Å². The van der Waals surface area contributed by atoms with E-state index in [1.54, 1.807) is 0 Å². The van der Waals surface area contributed by atoms with Gasteiger partial charge in [0.25, 0.3) is 0 Å². The van der Waals surface area contributed by atoms with Crippen molar-refractivity contribution in [1.82, 2.24) is 20.1 Å². The minimum absolute atomic E-state index is 0.0119. The van der Waals surface area contributed by atoms with E-state index in [1.807, 2.05) is 24.0 Å². The molecular formula is C21H24N4O2. The van der Waals surface area contributed by atoms with Crippen molar-refractivity contribution in [2.24, 2.45) is 0 Å². The summed E-state index contributed by atoms with van der Waals surface area (Å²) >= 11 is 0. The number of hydrogen-bond donors (Lipinski definition) is 1. The SMILES string of the molecule is Cc1ccc(-c2ccc(CCC(=O)N3CCCC3c3n[nH]c(C)n3)o2)cc1. The molecule has 27 heavy (non-hydrogen) atoms. The number of furan rings is 1. The topological polar surface area (TPSA) is 75.0 Å². The highest BCUT2D eigenvalue weighted by Gasteiger charge is 2.32. The minimum atomic E-state index is -0.0119. The zero-order valence-electron chi connectivity index (χ0n) is 15.7.